The number of non-ortho nitro benzene ring substituents is 1. The van der Waals surface area contributed by atoms with E-state index in [1.807, 2.05) is 65.2 Å². The van der Waals surface area contributed by atoms with Crippen LogP contribution < -0.4 is 5.32 Å². The van der Waals surface area contributed by atoms with E-state index in [1.54, 1.807) is 19.1 Å². The monoisotopic (exact) mass is 559 g/mol. The number of rotatable bonds is 13. The smallest absolute Gasteiger partial charge is 0.306 e. The van der Waals surface area contributed by atoms with Crippen molar-refractivity contribution in [2.45, 2.75) is 43.1 Å². The second kappa shape index (κ2) is 14.0. The number of nitrogens with one attached hydrogen (secondary N) is 1. The summed E-state index contributed by atoms with van der Waals surface area (Å²) >= 11 is 1.47. The zero-order valence-corrected chi connectivity index (χ0v) is 22.8. The van der Waals surface area contributed by atoms with Crippen molar-refractivity contribution < 1.29 is 19.2 Å². The summed E-state index contributed by atoms with van der Waals surface area (Å²) in [4.78, 5) is 35.6. The maximum atomic E-state index is 13.0. The molecule has 0 aliphatic heterocycles. The van der Waals surface area contributed by atoms with E-state index in [0.29, 0.717) is 28.8 Å². The summed E-state index contributed by atoms with van der Waals surface area (Å²) in [6.45, 7) is 1.96. The molecular formula is C29H29N5O5S. The number of esters is 1. The van der Waals surface area contributed by atoms with Crippen LogP contribution in [0.2, 0.25) is 0 Å². The molecule has 40 heavy (non-hydrogen) atoms. The number of nitro groups is 1. The molecule has 1 heterocycles. The van der Waals surface area contributed by atoms with Crippen LogP contribution in [0.5, 0.6) is 0 Å². The summed E-state index contributed by atoms with van der Waals surface area (Å²) in [6, 6.07) is 25.1. The number of aromatic nitrogens is 3. The summed E-state index contributed by atoms with van der Waals surface area (Å²) in [6.07, 6.45) is 0.344. The summed E-state index contributed by atoms with van der Waals surface area (Å²) in [5, 5.41) is 23.8. The molecule has 0 bridgehead atoms. The molecule has 4 aromatic rings. The van der Waals surface area contributed by atoms with Crippen molar-refractivity contribution in [2.75, 3.05) is 6.61 Å². The second-order valence-electron chi connectivity index (χ2n) is 8.84. The standard InChI is InChI=1S/C29H29N5O5S/c1-2-39-27(36)18-17-26(35)30-25(19-21-9-5-3-6-10-21)28-31-32-29(40-20-22-11-7-4-8-12-22)33(28)23-13-15-24(16-14-23)34(37)38/h3-16,25H,2,17-20H2,1H3,(H,30,35). The minimum atomic E-state index is -0.592. The molecule has 10 nitrogen and oxygen atoms in total. The molecule has 0 fully saturated rings. The van der Waals surface area contributed by atoms with Crippen LogP contribution in [0.15, 0.2) is 90.1 Å². The van der Waals surface area contributed by atoms with Crippen molar-refractivity contribution in [2.24, 2.45) is 0 Å². The first-order valence-corrected chi connectivity index (χ1v) is 13.8. The Morgan fingerprint density at radius 1 is 0.950 bits per heavy atom. The molecule has 1 aromatic heterocycles. The van der Waals surface area contributed by atoms with E-state index in [2.05, 4.69) is 15.5 Å². The van der Waals surface area contributed by atoms with Crippen molar-refractivity contribution in [1.29, 1.82) is 0 Å². The molecule has 206 valence electrons. The van der Waals surface area contributed by atoms with Crippen LogP contribution in [0.25, 0.3) is 5.69 Å². The van der Waals surface area contributed by atoms with Gasteiger partial charge in [0.15, 0.2) is 11.0 Å². The number of nitro benzene ring substituents is 1. The van der Waals surface area contributed by atoms with Gasteiger partial charge in [-0.2, -0.15) is 0 Å². The summed E-state index contributed by atoms with van der Waals surface area (Å²) < 4.78 is 6.77. The number of thioether (sulfide) groups is 1. The molecule has 0 saturated heterocycles. The Balaban J connectivity index is 1.69. The average Bonchev–Trinajstić information content (AvgIpc) is 3.40. The third-order valence-electron chi connectivity index (χ3n) is 5.98. The van der Waals surface area contributed by atoms with Gasteiger partial charge in [-0.05, 0) is 36.6 Å². The van der Waals surface area contributed by atoms with Gasteiger partial charge in [-0.25, -0.2) is 0 Å². The van der Waals surface area contributed by atoms with Crippen LogP contribution >= 0.6 is 11.8 Å². The molecule has 0 spiro atoms. The van der Waals surface area contributed by atoms with E-state index in [0.717, 1.165) is 11.1 Å². The number of amides is 1. The van der Waals surface area contributed by atoms with Gasteiger partial charge in [-0.1, -0.05) is 72.4 Å². The first-order valence-electron chi connectivity index (χ1n) is 12.8. The molecule has 3 aromatic carbocycles. The Hall–Kier alpha value is -4.51. The predicted molar refractivity (Wildman–Crippen MR) is 151 cm³/mol. The van der Waals surface area contributed by atoms with Gasteiger partial charge < -0.3 is 10.1 Å². The summed E-state index contributed by atoms with van der Waals surface area (Å²) in [5.74, 6) is 0.329. The maximum absolute atomic E-state index is 13.0. The Bertz CT molecular complexity index is 1430. The average molecular weight is 560 g/mol. The zero-order valence-electron chi connectivity index (χ0n) is 21.9. The largest absolute Gasteiger partial charge is 0.466 e. The highest BCUT2D eigenvalue weighted by molar-refractivity contribution is 7.98. The normalized spacial score (nSPS) is 11.5. The third kappa shape index (κ3) is 7.76. The van der Waals surface area contributed by atoms with E-state index in [4.69, 9.17) is 4.74 Å². The molecule has 4 rings (SSSR count). The van der Waals surface area contributed by atoms with Crippen molar-refractivity contribution in [1.82, 2.24) is 20.1 Å². The van der Waals surface area contributed by atoms with Crippen LogP contribution in [0.1, 0.15) is 42.8 Å². The van der Waals surface area contributed by atoms with E-state index < -0.39 is 16.9 Å². The quantitative estimate of drug-likeness (QED) is 0.102. The van der Waals surface area contributed by atoms with E-state index in [-0.39, 0.29) is 31.0 Å². The van der Waals surface area contributed by atoms with Gasteiger partial charge in [-0.3, -0.25) is 24.3 Å². The topological polar surface area (TPSA) is 129 Å². The highest BCUT2D eigenvalue weighted by Gasteiger charge is 2.25. The molecule has 1 amide bonds. The van der Waals surface area contributed by atoms with Crippen molar-refractivity contribution in [3.05, 3.63) is 112 Å². The Labute approximate surface area is 235 Å². The molecule has 0 saturated carbocycles. The number of carbonyl (C=O) groups is 2. The van der Waals surface area contributed by atoms with Gasteiger partial charge in [0.1, 0.15) is 0 Å². The lowest BCUT2D eigenvalue weighted by atomic mass is 10.0. The molecule has 11 heteroatoms. The Morgan fingerprint density at radius 2 is 1.60 bits per heavy atom. The van der Waals surface area contributed by atoms with Gasteiger partial charge in [0.2, 0.25) is 5.91 Å². The lowest BCUT2D eigenvalue weighted by Gasteiger charge is -2.20. The first-order chi connectivity index (χ1) is 19.4. The van der Waals surface area contributed by atoms with Crippen LogP contribution in [0, 0.1) is 10.1 Å². The number of ether oxygens (including phenoxy) is 1. The minimum absolute atomic E-state index is 0.0363. The fourth-order valence-electron chi connectivity index (χ4n) is 4.06. The van der Waals surface area contributed by atoms with Crippen molar-refractivity contribution in [3.63, 3.8) is 0 Å². The first kappa shape index (κ1) is 28.5. The zero-order chi connectivity index (χ0) is 28.3. The van der Waals surface area contributed by atoms with Crippen molar-refractivity contribution in [3.8, 4) is 5.69 Å². The maximum Gasteiger partial charge on any atom is 0.306 e. The van der Waals surface area contributed by atoms with Crippen LogP contribution in [0.3, 0.4) is 0 Å². The van der Waals surface area contributed by atoms with Gasteiger partial charge in [-0.15, -0.1) is 10.2 Å². The van der Waals surface area contributed by atoms with Gasteiger partial charge in [0.05, 0.1) is 24.0 Å². The second-order valence-corrected chi connectivity index (χ2v) is 9.78. The minimum Gasteiger partial charge on any atom is -0.466 e. The van der Waals surface area contributed by atoms with Gasteiger partial charge >= 0.3 is 5.97 Å². The molecule has 0 radical (unpaired) electrons. The summed E-state index contributed by atoms with van der Waals surface area (Å²) in [5.41, 5.74) is 2.65. The number of hydrogen-bond donors (Lipinski definition) is 1. The lowest BCUT2D eigenvalue weighted by molar-refractivity contribution is -0.384. The Kier molecular flexibility index (Phi) is 10.0. The van der Waals surface area contributed by atoms with Crippen molar-refractivity contribution >= 4 is 29.3 Å². The van der Waals surface area contributed by atoms with Crippen LogP contribution in [0.4, 0.5) is 5.69 Å². The highest BCUT2D eigenvalue weighted by Crippen LogP contribution is 2.30. The van der Waals surface area contributed by atoms with E-state index in [1.165, 1.54) is 23.9 Å². The molecule has 1 N–H and O–H groups in total. The number of carbonyl (C=O) groups excluding carboxylic acids is 2. The molecule has 1 unspecified atom stereocenters. The lowest BCUT2D eigenvalue weighted by Crippen LogP contribution is -2.32. The molecule has 0 aliphatic carbocycles. The summed E-state index contributed by atoms with van der Waals surface area (Å²) in [7, 11) is 0. The molecular weight excluding hydrogens is 530 g/mol. The van der Waals surface area contributed by atoms with E-state index in [9.17, 15) is 19.7 Å². The SMILES string of the molecule is CCOC(=O)CCC(=O)NC(Cc1ccccc1)c1nnc(SCc2ccccc2)n1-c1ccc([N+](=O)[O-])cc1. The van der Waals surface area contributed by atoms with Gasteiger partial charge in [0, 0.05) is 30.0 Å². The fourth-order valence-corrected chi connectivity index (χ4v) is 4.98. The Morgan fingerprint density at radius 3 is 2.23 bits per heavy atom. The highest BCUT2D eigenvalue weighted by atomic mass is 32.2. The third-order valence-corrected chi connectivity index (χ3v) is 6.98. The number of nitrogens with zero attached hydrogens (tertiary/aromatic N) is 4. The van der Waals surface area contributed by atoms with Crippen LogP contribution in [-0.2, 0) is 26.5 Å². The van der Waals surface area contributed by atoms with Crippen LogP contribution in [-0.4, -0.2) is 38.2 Å². The molecule has 0 aliphatic rings. The fraction of sp³-hybridized carbons (Fsp3) is 0.241. The number of hydrogen-bond acceptors (Lipinski definition) is 8. The number of benzene rings is 3. The molecule has 1 atom stereocenters. The predicted octanol–water partition coefficient (Wildman–Crippen LogP) is 5.21. The van der Waals surface area contributed by atoms with Gasteiger partial charge in [0.25, 0.3) is 5.69 Å². The van der Waals surface area contributed by atoms with E-state index >= 15 is 0 Å².